The number of nitrogens with zero attached hydrogens (tertiary/aromatic N) is 1. The summed E-state index contributed by atoms with van der Waals surface area (Å²) in [6.45, 7) is 0. The minimum atomic E-state index is 0.673. The molecule has 0 bridgehead atoms. The van der Waals surface area contributed by atoms with Gasteiger partial charge >= 0.3 is 0 Å². The van der Waals surface area contributed by atoms with Gasteiger partial charge in [0.1, 0.15) is 0 Å². The second-order valence-corrected chi connectivity index (χ2v) is 5.11. The molecule has 0 spiro atoms. The van der Waals surface area contributed by atoms with Crippen molar-refractivity contribution in [1.29, 1.82) is 5.26 Å². The standard InChI is InChI=1S/C14H11BrN2S/c15-9-11-3-7-14(8-4-11)18-17-13-5-1-12(10-16)2-6-13/h1-8,17H,9H2. The quantitative estimate of drug-likeness (QED) is 0.662. The molecule has 0 aliphatic heterocycles. The smallest absolute Gasteiger partial charge is 0.0991 e. The van der Waals surface area contributed by atoms with E-state index >= 15 is 0 Å². The summed E-state index contributed by atoms with van der Waals surface area (Å²) in [6, 6.07) is 17.9. The van der Waals surface area contributed by atoms with Crippen LogP contribution >= 0.6 is 27.9 Å². The van der Waals surface area contributed by atoms with E-state index in [1.807, 2.05) is 12.1 Å². The molecule has 0 aliphatic rings. The highest BCUT2D eigenvalue weighted by Crippen LogP contribution is 2.22. The predicted molar refractivity (Wildman–Crippen MR) is 79.7 cm³/mol. The van der Waals surface area contributed by atoms with Crippen LogP contribution in [0, 0.1) is 11.3 Å². The van der Waals surface area contributed by atoms with Gasteiger partial charge in [-0.15, -0.1) is 0 Å². The highest BCUT2D eigenvalue weighted by Gasteiger charge is 1.96. The first-order valence-electron chi connectivity index (χ1n) is 5.40. The van der Waals surface area contributed by atoms with Crippen molar-refractivity contribution in [1.82, 2.24) is 0 Å². The summed E-state index contributed by atoms with van der Waals surface area (Å²) >= 11 is 4.98. The molecule has 0 fully saturated rings. The van der Waals surface area contributed by atoms with E-state index in [0.717, 1.165) is 15.9 Å². The molecule has 0 atom stereocenters. The summed E-state index contributed by atoms with van der Waals surface area (Å²) < 4.78 is 3.25. The molecular weight excluding hydrogens is 308 g/mol. The number of hydrogen-bond acceptors (Lipinski definition) is 3. The maximum absolute atomic E-state index is 8.71. The Labute approximate surface area is 119 Å². The molecule has 0 amide bonds. The molecule has 2 nitrogen and oxygen atoms in total. The van der Waals surface area contributed by atoms with Gasteiger partial charge < -0.3 is 4.72 Å². The summed E-state index contributed by atoms with van der Waals surface area (Å²) in [5.74, 6) is 0. The van der Waals surface area contributed by atoms with Crippen LogP contribution in [0.15, 0.2) is 53.4 Å². The SMILES string of the molecule is N#Cc1ccc(NSc2ccc(CBr)cc2)cc1. The van der Waals surface area contributed by atoms with E-state index < -0.39 is 0 Å². The first-order chi connectivity index (χ1) is 8.81. The topological polar surface area (TPSA) is 35.8 Å². The Morgan fingerprint density at radius 1 is 1.06 bits per heavy atom. The van der Waals surface area contributed by atoms with Crippen molar-refractivity contribution in [2.24, 2.45) is 0 Å². The molecule has 0 aromatic heterocycles. The lowest BCUT2D eigenvalue weighted by atomic mass is 10.2. The summed E-state index contributed by atoms with van der Waals surface area (Å²) in [4.78, 5) is 1.16. The summed E-state index contributed by atoms with van der Waals surface area (Å²) in [5, 5.41) is 9.58. The minimum Gasteiger partial charge on any atom is -0.326 e. The lowest BCUT2D eigenvalue weighted by molar-refractivity contribution is 1.36. The van der Waals surface area contributed by atoms with E-state index in [2.05, 4.69) is 51.0 Å². The Kier molecular flexibility index (Phi) is 4.68. The molecule has 0 radical (unpaired) electrons. The van der Waals surface area contributed by atoms with Gasteiger partial charge in [0.2, 0.25) is 0 Å². The maximum Gasteiger partial charge on any atom is 0.0991 e. The summed E-state index contributed by atoms with van der Waals surface area (Å²) in [5.41, 5.74) is 2.92. The number of rotatable bonds is 4. The second kappa shape index (κ2) is 6.48. The molecule has 0 heterocycles. The Morgan fingerprint density at radius 3 is 2.28 bits per heavy atom. The molecule has 18 heavy (non-hydrogen) atoms. The molecule has 1 N–H and O–H groups in total. The van der Waals surface area contributed by atoms with Gasteiger partial charge in [-0.2, -0.15) is 5.26 Å². The van der Waals surface area contributed by atoms with Crippen LogP contribution in [-0.2, 0) is 5.33 Å². The minimum absolute atomic E-state index is 0.673. The molecule has 0 aliphatic carbocycles. The van der Waals surface area contributed by atoms with Crippen molar-refractivity contribution in [2.45, 2.75) is 10.2 Å². The molecule has 4 heteroatoms. The number of hydrogen-bond donors (Lipinski definition) is 1. The molecule has 90 valence electrons. The number of anilines is 1. The van der Waals surface area contributed by atoms with Crippen molar-refractivity contribution >= 4 is 33.6 Å². The molecule has 2 aromatic rings. The largest absolute Gasteiger partial charge is 0.326 e. The van der Waals surface area contributed by atoms with Crippen molar-refractivity contribution in [2.75, 3.05) is 4.72 Å². The van der Waals surface area contributed by atoms with Gasteiger partial charge in [-0.1, -0.05) is 28.1 Å². The van der Waals surface area contributed by atoms with Crippen LogP contribution in [0.25, 0.3) is 0 Å². The fraction of sp³-hybridized carbons (Fsp3) is 0.0714. The monoisotopic (exact) mass is 318 g/mol. The van der Waals surface area contributed by atoms with Gasteiger partial charge in [-0.3, -0.25) is 0 Å². The van der Waals surface area contributed by atoms with E-state index in [9.17, 15) is 0 Å². The van der Waals surface area contributed by atoms with E-state index in [4.69, 9.17) is 5.26 Å². The van der Waals surface area contributed by atoms with Crippen LogP contribution in [0.5, 0.6) is 0 Å². The second-order valence-electron chi connectivity index (χ2n) is 3.67. The van der Waals surface area contributed by atoms with Crippen LogP contribution in [-0.4, -0.2) is 0 Å². The molecule has 2 rings (SSSR count). The van der Waals surface area contributed by atoms with E-state index in [0.29, 0.717) is 5.56 Å². The van der Waals surface area contributed by atoms with E-state index in [1.165, 1.54) is 5.56 Å². The van der Waals surface area contributed by atoms with Gasteiger partial charge in [-0.25, -0.2) is 0 Å². The predicted octanol–water partition coefficient (Wildman–Crippen LogP) is 4.57. The highest BCUT2D eigenvalue weighted by molar-refractivity contribution is 9.08. The van der Waals surface area contributed by atoms with Gasteiger partial charge in [0.15, 0.2) is 0 Å². The Morgan fingerprint density at radius 2 is 1.72 bits per heavy atom. The van der Waals surface area contributed by atoms with Gasteiger partial charge in [0.05, 0.1) is 11.6 Å². The highest BCUT2D eigenvalue weighted by atomic mass is 79.9. The van der Waals surface area contributed by atoms with Crippen LogP contribution in [0.2, 0.25) is 0 Å². The molecule has 0 unspecified atom stereocenters. The fourth-order valence-corrected chi connectivity index (χ4v) is 2.40. The van der Waals surface area contributed by atoms with Crippen molar-refractivity contribution in [3.05, 3.63) is 59.7 Å². The average Bonchev–Trinajstić information content (AvgIpc) is 2.46. The number of alkyl halides is 1. The Balaban J connectivity index is 1.95. The van der Waals surface area contributed by atoms with Crippen molar-refractivity contribution in [3.8, 4) is 6.07 Å². The zero-order valence-corrected chi connectivity index (χ0v) is 12.0. The van der Waals surface area contributed by atoms with Crippen LogP contribution < -0.4 is 4.72 Å². The molecule has 2 aromatic carbocycles. The molecule has 0 saturated carbocycles. The summed E-state index contributed by atoms with van der Waals surface area (Å²) in [6.07, 6.45) is 0. The zero-order chi connectivity index (χ0) is 12.8. The average molecular weight is 319 g/mol. The first kappa shape index (κ1) is 13.0. The fourth-order valence-electron chi connectivity index (χ4n) is 1.38. The zero-order valence-electron chi connectivity index (χ0n) is 9.56. The lowest BCUT2D eigenvalue weighted by Gasteiger charge is -2.05. The third-order valence-corrected chi connectivity index (χ3v) is 3.87. The third kappa shape index (κ3) is 3.52. The van der Waals surface area contributed by atoms with Crippen LogP contribution in [0.1, 0.15) is 11.1 Å². The molecular formula is C14H11BrN2S. The Bertz CT molecular complexity index is 544. The number of nitrogens with one attached hydrogen (secondary N) is 1. The van der Waals surface area contributed by atoms with Crippen molar-refractivity contribution in [3.63, 3.8) is 0 Å². The number of halogens is 1. The van der Waals surface area contributed by atoms with Gasteiger partial charge in [0, 0.05) is 15.9 Å². The van der Waals surface area contributed by atoms with Crippen molar-refractivity contribution < 1.29 is 0 Å². The maximum atomic E-state index is 8.71. The number of nitriles is 1. The van der Waals surface area contributed by atoms with E-state index in [-0.39, 0.29) is 0 Å². The van der Waals surface area contributed by atoms with Gasteiger partial charge in [-0.05, 0) is 53.9 Å². The van der Waals surface area contributed by atoms with Crippen LogP contribution in [0.3, 0.4) is 0 Å². The third-order valence-electron chi connectivity index (χ3n) is 2.38. The molecule has 0 saturated heterocycles. The number of benzene rings is 2. The van der Waals surface area contributed by atoms with E-state index in [1.54, 1.807) is 24.1 Å². The van der Waals surface area contributed by atoms with Gasteiger partial charge in [0.25, 0.3) is 0 Å². The Hall–Kier alpha value is -1.44. The lowest BCUT2D eigenvalue weighted by Crippen LogP contribution is -1.87. The first-order valence-corrected chi connectivity index (χ1v) is 7.33. The van der Waals surface area contributed by atoms with Crippen LogP contribution in [0.4, 0.5) is 5.69 Å². The summed E-state index contributed by atoms with van der Waals surface area (Å²) in [7, 11) is 0. The normalized spacial score (nSPS) is 9.78.